The van der Waals surface area contributed by atoms with Crippen LogP contribution in [-0.4, -0.2) is 70.4 Å². The lowest BCUT2D eigenvalue weighted by Crippen LogP contribution is -2.59. The quantitative estimate of drug-likeness (QED) is 0.769. The Morgan fingerprint density at radius 3 is 2.58 bits per heavy atom. The maximum absolute atomic E-state index is 12.8. The zero-order valence-electron chi connectivity index (χ0n) is 19.5. The minimum absolute atomic E-state index is 0.0580. The zero-order chi connectivity index (χ0) is 22.4. The Balaban J connectivity index is 1.23. The summed E-state index contributed by atoms with van der Waals surface area (Å²) in [6.07, 6.45) is 12.4. The average Bonchev–Trinajstić information content (AvgIpc) is 3.24. The molecule has 1 spiro atoms. The molecule has 8 heteroatoms. The van der Waals surface area contributed by atoms with Crippen LogP contribution in [0.1, 0.15) is 50.5 Å². The van der Waals surface area contributed by atoms with Crippen LogP contribution in [0.3, 0.4) is 0 Å². The molecule has 174 valence electrons. The maximum Gasteiger partial charge on any atom is 0.230 e. The third-order valence-corrected chi connectivity index (χ3v) is 8.15. The van der Waals surface area contributed by atoms with Gasteiger partial charge in [-0.05, 0) is 38.4 Å². The van der Waals surface area contributed by atoms with Crippen LogP contribution in [0.25, 0.3) is 0 Å². The van der Waals surface area contributed by atoms with Gasteiger partial charge in [0, 0.05) is 56.3 Å². The molecule has 5 heterocycles. The normalized spacial score (nSPS) is 24.6. The number of likely N-dealkylation sites (N-methyl/N-ethyl adjacent to an activating group) is 1. The van der Waals surface area contributed by atoms with Crippen molar-refractivity contribution in [2.45, 2.75) is 62.9 Å². The summed E-state index contributed by atoms with van der Waals surface area (Å²) in [5.74, 6) is 2.61. The topological polar surface area (TPSA) is 77.5 Å². The lowest BCUT2D eigenvalue weighted by Gasteiger charge is -2.51. The van der Waals surface area contributed by atoms with E-state index >= 15 is 0 Å². The molecule has 2 aromatic heterocycles. The van der Waals surface area contributed by atoms with Crippen molar-refractivity contribution in [1.82, 2.24) is 19.9 Å². The number of carbonyl (C=O) groups is 1. The molecular weight excluding hydrogens is 414 g/mol. The number of carbonyl (C=O) groups excluding carboxylic acids is 1. The van der Waals surface area contributed by atoms with Crippen molar-refractivity contribution < 1.29 is 4.79 Å². The van der Waals surface area contributed by atoms with E-state index in [9.17, 15) is 4.79 Å². The molecule has 2 aromatic rings. The number of aromatic nitrogens is 3. The second-order valence-corrected chi connectivity index (χ2v) is 10.2. The highest BCUT2D eigenvalue weighted by Gasteiger charge is 2.51. The Kier molecular flexibility index (Phi) is 5.20. The van der Waals surface area contributed by atoms with E-state index < -0.39 is 0 Å². The first-order chi connectivity index (χ1) is 16.1. The van der Waals surface area contributed by atoms with Crippen molar-refractivity contribution in [3.8, 4) is 0 Å². The number of rotatable bonds is 3. The number of ketones is 1. The van der Waals surface area contributed by atoms with E-state index in [1.54, 1.807) is 0 Å². The van der Waals surface area contributed by atoms with Crippen molar-refractivity contribution in [3.63, 3.8) is 0 Å². The summed E-state index contributed by atoms with van der Waals surface area (Å²) in [6, 6.07) is 4.06. The minimum Gasteiger partial charge on any atom is -0.368 e. The van der Waals surface area contributed by atoms with Gasteiger partial charge in [0.05, 0.1) is 17.9 Å². The smallest absolute Gasteiger partial charge is 0.230 e. The molecule has 0 bridgehead atoms. The highest BCUT2D eigenvalue weighted by molar-refractivity contribution is 5.91. The van der Waals surface area contributed by atoms with Gasteiger partial charge in [0.25, 0.3) is 0 Å². The van der Waals surface area contributed by atoms with Crippen molar-refractivity contribution in [2.75, 3.05) is 48.3 Å². The van der Waals surface area contributed by atoms with Crippen molar-refractivity contribution >= 4 is 29.1 Å². The summed E-state index contributed by atoms with van der Waals surface area (Å²) in [4.78, 5) is 34.0. The molecule has 4 aliphatic rings. The monoisotopic (exact) mass is 447 g/mol. The Hall–Kier alpha value is -2.74. The second-order valence-electron chi connectivity index (χ2n) is 10.2. The molecule has 0 aromatic carbocycles. The number of piperazine rings is 1. The maximum atomic E-state index is 12.8. The summed E-state index contributed by atoms with van der Waals surface area (Å²) < 4.78 is 0. The summed E-state index contributed by atoms with van der Waals surface area (Å²) >= 11 is 0. The van der Waals surface area contributed by atoms with Crippen LogP contribution >= 0.6 is 0 Å². The van der Waals surface area contributed by atoms with Crippen molar-refractivity contribution in [1.29, 1.82) is 0 Å². The number of nitrogens with one attached hydrogen (secondary N) is 1. The van der Waals surface area contributed by atoms with Crippen LogP contribution in [0.4, 0.5) is 23.3 Å². The summed E-state index contributed by atoms with van der Waals surface area (Å²) in [5.41, 5.74) is 2.34. The summed E-state index contributed by atoms with van der Waals surface area (Å²) in [6.45, 7) is 4.20. The second kappa shape index (κ2) is 8.24. The molecule has 3 aliphatic heterocycles. The van der Waals surface area contributed by atoms with E-state index in [4.69, 9.17) is 4.98 Å². The van der Waals surface area contributed by atoms with Gasteiger partial charge in [0.15, 0.2) is 5.78 Å². The first kappa shape index (κ1) is 20.8. The molecular formula is C25H33N7O. The summed E-state index contributed by atoms with van der Waals surface area (Å²) in [7, 11) is 2.16. The van der Waals surface area contributed by atoms with Crippen LogP contribution in [0.2, 0.25) is 0 Å². The third-order valence-electron chi connectivity index (χ3n) is 8.15. The largest absolute Gasteiger partial charge is 0.368 e. The van der Waals surface area contributed by atoms with E-state index in [0.29, 0.717) is 18.2 Å². The zero-order valence-corrected chi connectivity index (χ0v) is 19.5. The van der Waals surface area contributed by atoms with E-state index in [0.717, 1.165) is 74.7 Å². The van der Waals surface area contributed by atoms with Gasteiger partial charge in [-0.15, -0.1) is 0 Å². The molecule has 2 saturated heterocycles. The fourth-order valence-electron chi connectivity index (χ4n) is 6.24. The molecule has 6 rings (SSSR count). The molecule has 1 unspecified atom stereocenters. The Morgan fingerprint density at radius 2 is 1.82 bits per heavy atom. The van der Waals surface area contributed by atoms with Gasteiger partial charge in [-0.2, -0.15) is 4.98 Å². The van der Waals surface area contributed by atoms with Crippen LogP contribution in [0.5, 0.6) is 0 Å². The molecule has 1 N–H and O–H groups in total. The van der Waals surface area contributed by atoms with Gasteiger partial charge < -0.3 is 20.0 Å². The number of piperidine rings is 1. The fraction of sp³-hybridized carbons (Fsp3) is 0.600. The van der Waals surface area contributed by atoms with Gasteiger partial charge in [0.2, 0.25) is 5.95 Å². The van der Waals surface area contributed by atoms with Crippen LogP contribution in [-0.2, 0) is 11.2 Å². The minimum atomic E-state index is -0.0580. The Morgan fingerprint density at radius 1 is 1.00 bits per heavy atom. The van der Waals surface area contributed by atoms with Gasteiger partial charge in [-0.3, -0.25) is 4.79 Å². The first-order valence-electron chi connectivity index (χ1n) is 12.5. The van der Waals surface area contributed by atoms with Gasteiger partial charge in [-0.25, -0.2) is 9.97 Å². The van der Waals surface area contributed by atoms with Crippen molar-refractivity contribution in [2.24, 2.45) is 0 Å². The van der Waals surface area contributed by atoms with Gasteiger partial charge in [0.1, 0.15) is 11.6 Å². The number of anilines is 4. The molecule has 8 nitrogen and oxygen atoms in total. The highest BCUT2D eigenvalue weighted by Crippen LogP contribution is 2.48. The number of hydrogen-bond acceptors (Lipinski definition) is 8. The summed E-state index contributed by atoms with van der Waals surface area (Å²) in [5, 5.41) is 3.30. The fourth-order valence-corrected chi connectivity index (χ4v) is 6.24. The molecule has 0 amide bonds. The number of hydrogen-bond donors (Lipinski definition) is 1. The lowest BCUT2D eigenvalue weighted by atomic mass is 9.73. The standard InChI is InChI=1S/C25H33N7O/c1-30-11-13-31(14-12-30)19-5-6-22(26-17-19)28-24-27-16-18-15-20-21(33)7-10-25(8-3-2-4-9-25)32(20)23(18)29-24/h5-6,16-17,20H,2-4,7-15H2,1H3,(H,26,27,28,29). The first-order valence-corrected chi connectivity index (χ1v) is 12.5. The predicted molar refractivity (Wildman–Crippen MR) is 129 cm³/mol. The third kappa shape index (κ3) is 3.74. The van der Waals surface area contributed by atoms with Crippen molar-refractivity contribution in [3.05, 3.63) is 30.1 Å². The molecule has 3 fully saturated rings. The van der Waals surface area contributed by atoms with E-state index in [1.807, 2.05) is 18.5 Å². The Labute approximate surface area is 195 Å². The SMILES string of the molecule is CN1CCN(c2ccc(Nc3ncc4c(n3)N3C(C4)C(=O)CCC34CCCCC4)nc2)CC1. The van der Waals surface area contributed by atoms with Crippen LogP contribution in [0.15, 0.2) is 24.5 Å². The van der Waals surface area contributed by atoms with Crippen LogP contribution < -0.4 is 15.1 Å². The molecule has 1 aliphatic carbocycles. The number of pyridine rings is 1. The lowest BCUT2D eigenvalue weighted by molar-refractivity contribution is -0.122. The number of Topliss-reactive ketones (excluding diaryl/α,β-unsaturated/α-hetero) is 1. The highest BCUT2D eigenvalue weighted by atomic mass is 16.1. The molecule has 1 saturated carbocycles. The molecule has 33 heavy (non-hydrogen) atoms. The van der Waals surface area contributed by atoms with E-state index in [1.165, 1.54) is 19.3 Å². The predicted octanol–water partition coefficient (Wildman–Crippen LogP) is 3.16. The number of fused-ring (bicyclic) bond motifs is 4. The van der Waals surface area contributed by atoms with E-state index in [-0.39, 0.29) is 11.6 Å². The van der Waals surface area contributed by atoms with E-state index in [2.05, 4.69) is 43.1 Å². The van der Waals surface area contributed by atoms with Gasteiger partial charge in [-0.1, -0.05) is 19.3 Å². The Bertz CT molecular complexity index is 1030. The molecule has 0 radical (unpaired) electrons. The molecule has 1 atom stereocenters. The average molecular weight is 448 g/mol. The number of nitrogens with zero attached hydrogens (tertiary/aromatic N) is 6. The van der Waals surface area contributed by atoms with Crippen LogP contribution in [0, 0.1) is 0 Å². The van der Waals surface area contributed by atoms with Gasteiger partial charge >= 0.3 is 0 Å².